The van der Waals surface area contributed by atoms with Crippen molar-refractivity contribution < 1.29 is 9.32 Å². The van der Waals surface area contributed by atoms with E-state index in [0.717, 1.165) is 23.4 Å². The van der Waals surface area contributed by atoms with Crippen molar-refractivity contribution in [2.24, 2.45) is 0 Å². The van der Waals surface area contributed by atoms with Gasteiger partial charge >= 0.3 is 0 Å². The van der Waals surface area contributed by atoms with Crippen LogP contribution in [0.4, 0.5) is 0 Å². The Morgan fingerprint density at radius 3 is 3.00 bits per heavy atom. The number of hydrogen-bond donors (Lipinski definition) is 0. The molecule has 1 atom stereocenters. The molecule has 3 rings (SSSR count). The van der Waals surface area contributed by atoms with Crippen molar-refractivity contribution in [1.29, 1.82) is 0 Å². The summed E-state index contributed by atoms with van der Waals surface area (Å²) in [5.74, 6) is 0.0913. The van der Waals surface area contributed by atoms with Crippen molar-refractivity contribution in [2.75, 3.05) is 7.05 Å². The average Bonchev–Trinajstić information content (AvgIpc) is 3.14. The topological polar surface area (TPSA) is 46.3 Å². The predicted octanol–water partition coefficient (Wildman–Crippen LogP) is 3.45. The van der Waals surface area contributed by atoms with E-state index in [1.807, 2.05) is 14.0 Å². The molecule has 20 heavy (non-hydrogen) atoms. The van der Waals surface area contributed by atoms with Gasteiger partial charge in [-0.15, -0.1) is 11.3 Å². The van der Waals surface area contributed by atoms with Gasteiger partial charge in [-0.3, -0.25) is 4.79 Å². The monoisotopic (exact) mass is 290 g/mol. The zero-order valence-corrected chi connectivity index (χ0v) is 12.6. The van der Waals surface area contributed by atoms with Crippen molar-refractivity contribution in [3.8, 4) is 0 Å². The standard InChI is InChI=1S/C15H18N2O2S/c1-10(13-7-8-19-16-13)17(2)15(18)14-12-6-4-3-5-11(12)9-20-14/h7-10H,3-6H2,1-2H3. The molecule has 0 spiro atoms. The Kier molecular flexibility index (Phi) is 3.61. The average molecular weight is 290 g/mol. The molecule has 2 aromatic heterocycles. The molecule has 1 unspecified atom stereocenters. The van der Waals surface area contributed by atoms with E-state index in [1.54, 1.807) is 22.3 Å². The largest absolute Gasteiger partial charge is 0.364 e. The van der Waals surface area contributed by atoms with Gasteiger partial charge in [0.05, 0.1) is 10.9 Å². The van der Waals surface area contributed by atoms with Gasteiger partial charge < -0.3 is 9.42 Å². The Morgan fingerprint density at radius 1 is 1.45 bits per heavy atom. The summed E-state index contributed by atoms with van der Waals surface area (Å²) in [5.41, 5.74) is 3.42. The number of rotatable bonds is 3. The lowest BCUT2D eigenvalue weighted by Gasteiger charge is -2.23. The minimum absolute atomic E-state index is 0.0809. The van der Waals surface area contributed by atoms with E-state index in [9.17, 15) is 4.79 Å². The fourth-order valence-electron chi connectivity index (χ4n) is 2.67. The molecular weight excluding hydrogens is 272 g/mol. The van der Waals surface area contributed by atoms with Crippen molar-refractivity contribution in [1.82, 2.24) is 10.1 Å². The van der Waals surface area contributed by atoms with Gasteiger partial charge in [0, 0.05) is 13.1 Å². The first-order chi connectivity index (χ1) is 9.68. The fourth-order valence-corrected chi connectivity index (χ4v) is 3.81. The van der Waals surface area contributed by atoms with Crippen molar-refractivity contribution in [2.45, 2.75) is 38.6 Å². The summed E-state index contributed by atoms with van der Waals surface area (Å²) in [6.07, 6.45) is 6.11. The molecule has 0 saturated carbocycles. The van der Waals surface area contributed by atoms with Gasteiger partial charge in [-0.05, 0) is 49.1 Å². The molecule has 106 valence electrons. The van der Waals surface area contributed by atoms with E-state index < -0.39 is 0 Å². The van der Waals surface area contributed by atoms with Crippen LogP contribution in [0, 0.1) is 0 Å². The minimum atomic E-state index is -0.0809. The van der Waals surface area contributed by atoms with Crippen LogP contribution in [0.5, 0.6) is 0 Å². The highest BCUT2D eigenvalue weighted by atomic mass is 32.1. The summed E-state index contributed by atoms with van der Waals surface area (Å²) >= 11 is 1.58. The van der Waals surface area contributed by atoms with Crippen LogP contribution >= 0.6 is 11.3 Å². The molecule has 0 N–H and O–H groups in total. The number of carbonyl (C=O) groups excluding carboxylic acids is 1. The van der Waals surface area contributed by atoms with Crippen molar-refractivity contribution in [3.05, 3.63) is 39.4 Å². The number of nitrogens with zero attached hydrogens (tertiary/aromatic N) is 2. The molecular formula is C15H18N2O2S. The van der Waals surface area contributed by atoms with Crippen LogP contribution in [0.25, 0.3) is 0 Å². The Labute approximate surface area is 122 Å². The van der Waals surface area contributed by atoms with E-state index in [4.69, 9.17) is 4.52 Å². The molecule has 2 aromatic rings. The van der Waals surface area contributed by atoms with Gasteiger partial charge in [0.2, 0.25) is 0 Å². The molecule has 0 radical (unpaired) electrons. The molecule has 2 heterocycles. The lowest BCUT2D eigenvalue weighted by atomic mass is 9.93. The molecule has 0 aromatic carbocycles. The highest BCUT2D eigenvalue weighted by Crippen LogP contribution is 2.31. The number of aryl methyl sites for hydroxylation is 1. The molecule has 5 heteroatoms. The van der Waals surface area contributed by atoms with Gasteiger partial charge in [-0.2, -0.15) is 0 Å². The van der Waals surface area contributed by atoms with Crippen LogP contribution in [-0.2, 0) is 12.8 Å². The summed E-state index contributed by atoms with van der Waals surface area (Å²) < 4.78 is 4.86. The first kappa shape index (κ1) is 13.4. The third kappa shape index (κ3) is 2.26. The molecule has 0 aliphatic heterocycles. The molecule has 0 fully saturated rings. The second kappa shape index (κ2) is 5.40. The van der Waals surface area contributed by atoms with E-state index in [0.29, 0.717) is 0 Å². The van der Waals surface area contributed by atoms with E-state index >= 15 is 0 Å². The van der Waals surface area contributed by atoms with E-state index in [2.05, 4.69) is 10.5 Å². The number of amides is 1. The maximum Gasteiger partial charge on any atom is 0.264 e. The third-order valence-electron chi connectivity index (χ3n) is 4.08. The fraction of sp³-hybridized carbons (Fsp3) is 0.467. The summed E-state index contributed by atoms with van der Waals surface area (Å²) in [6.45, 7) is 1.97. The Morgan fingerprint density at radius 2 is 2.25 bits per heavy atom. The van der Waals surface area contributed by atoms with E-state index in [-0.39, 0.29) is 11.9 Å². The van der Waals surface area contributed by atoms with E-state index in [1.165, 1.54) is 30.2 Å². The van der Waals surface area contributed by atoms with Crippen LogP contribution in [0.15, 0.2) is 22.2 Å². The Hall–Kier alpha value is -1.62. The maximum atomic E-state index is 12.7. The number of thiophene rings is 1. The SMILES string of the molecule is CC(c1ccon1)N(C)C(=O)c1scc2c1CCCC2. The zero-order chi connectivity index (χ0) is 14.1. The number of fused-ring (bicyclic) bond motifs is 1. The number of hydrogen-bond acceptors (Lipinski definition) is 4. The maximum absolute atomic E-state index is 12.7. The lowest BCUT2D eigenvalue weighted by Crippen LogP contribution is -2.30. The lowest BCUT2D eigenvalue weighted by molar-refractivity contribution is 0.0741. The van der Waals surface area contributed by atoms with Gasteiger partial charge in [-0.25, -0.2) is 0 Å². The quantitative estimate of drug-likeness (QED) is 0.869. The van der Waals surface area contributed by atoms with Gasteiger partial charge in [-0.1, -0.05) is 5.16 Å². The number of carbonyl (C=O) groups is 1. The number of aromatic nitrogens is 1. The first-order valence-electron chi connectivity index (χ1n) is 6.95. The molecule has 1 aliphatic carbocycles. The molecule has 4 nitrogen and oxygen atoms in total. The van der Waals surface area contributed by atoms with Gasteiger partial charge in [0.1, 0.15) is 12.0 Å². The summed E-state index contributed by atoms with van der Waals surface area (Å²) in [4.78, 5) is 15.3. The summed E-state index contributed by atoms with van der Waals surface area (Å²) in [7, 11) is 1.83. The molecule has 1 amide bonds. The summed E-state index contributed by atoms with van der Waals surface area (Å²) in [5, 5.41) is 6.07. The second-order valence-corrected chi connectivity index (χ2v) is 6.17. The predicted molar refractivity (Wildman–Crippen MR) is 78.0 cm³/mol. The van der Waals surface area contributed by atoms with Gasteiger partial charge in [0.15, 0.2) is 0 Å². The van der Waals surface area contributed by atoms with Crippen LogP contribution in [0.3, 0.4) is 0 Å². The first-order valence-corrected chi connectivity index (χ1v) is 7.83. The Balaban J connectivity index is 1.83. The van der Waals surface area contributed by atoms with Gasteiger partial charge in [0.25, 0.3) is 5.91 Å². The zero-order valence-electron chi connectivity index (χ0n) is 11.8. The molecule has 1 aliphatic rings. The van der Waals surface area contributed by atoms with Crippen LogP contribution in [0.2, 0.25) is 0 Å². The van der Waals surface area contributed by atoms with Crippen molar-refractivity contribution >= 4 is 17.2 Å². The van der Waals surface area contributed by atoms with Crippen LogP contribution in [0.1, 0.15) is 52.3 Å². The second-order valence-electron chi connectivity index (χ2n) is 5.29. The minimum Gasteiger partial charge on any atom is -0.364 e. The van der Waals surface area contributed by atoms with Crippen molar-refractivity contribution in [3.63, 3.8) is 0 Å². The highest BCUT2D eigenvalue weighted by Gasteiger charge is 2.26. The van der Waals surface area contributed by atoms with Crippen LogP contribution < -0.4 is 0 Å². The normalized spacial score (nSPS) is 15.7. The highest BCUT2D eigenvalue weighted by molar-refractivity contribution is 7.12. The third-order valence-corrected chi connectivity index (χ3v) is 5.14. The Bertz CT molecular complexity index is 603. The smallest absolute Gasteiger partial charge is 0.264 e. The van der Waals surface area contributed by atoms with Crippen LogP contribution in [-0.4, -0.2) is 23.0 Å². The molecule has 0 saturated heterocycles. The molecule has 0 bridgehead atoms. The summed E-state index contributed by atoms with van der Waals surface area (Å²) in [6, 6.07) is 1.72.